The molecule has 176 valence electrons. The lowest BCUT2D eigenvalue weighted by Crippen LogP contribution is -2.29. The second-order valence-electron chi connectivity index (χ2n) is 10.2. The summed E-state index contributed by atoms with van der Waals surface area (Å²) in [6, 6.07) is 8.49. The van der Waals surface area contributed by atoms with Gasteiger partial charge in [0.2, 0.25) is 0 Å². The highest BCUT2D eigenvalue weighted by Crippen LogP contribution is 2.39. The summed E-state index contributed by atoms with van der Waals surface area (Å²) in [6.45, 7) is 6.40. The first-order chi connectivity index (χ1) is 16.3. The number of hydrazone groups is 1. The Morgan fingerprint density at radius 1 is 1.21 bits per heavy atom. The topological polar surface area (TPSA) is 73.7 Å². The number of halogens is 1. The van der Waals surface area contributed by atoms with Gasteiger partial charge in [-0.1, -0.05) is 68.8 Å². The van der Waals surface area contributed by atoms with E-state index in [4.69, 9.17) is 21.7 Å². The number of H-pyrrole nitrogens is 1. The smallest absolute Gasteiger partial charge is 0.133 e. The molecule has 0 radical (unpaired) electrons. The number of hydrogen-bond donors (Lipinski definition) is 1. The lowest BCUT2D eigenvalue weighted by atomic mass is 9.96. The zero-order chi connectivity index (χ0) is 23.9. The maximum atomic E-state index is 11.4. The summed E-state index contributed by atoms with van der Waals surface area (Å²) in [6.07, 6.45) is 11.1. The maximum Gasteiger partial charge on any atom is 0.133 e. The second-order valence-corrected chi connectivity index (χ2v) is 10.7. The highest BCUT2D eigenvalue weighted by molar-refractivity contribution is 6.67. The van der Waals surface area contributed by atoms with E-state index in [-0.39, 0.29) is 0 Å². The number of carbonyl (C=O) groups is 1. The third-order valence-corrected chi connectivity index (χ3v) is 6.66. The van der Waals surface area contributed by atoms with E-state index in [0.717, 1.165) is 52.5 Å². The van der Waals surface area contributed by atoms with Gasteiger partial charge < -0.3 is 9.78 Å². The first kappa shape index (κ1) is 22.8. The SMILES string of the molecule is CC1C=C(c2ccc(-c3cnc(C4CC4)[nH]3)cc2)N2N=C(Cl)CC(=NCC(C)(C)C=O)C2=CC1. The fourth-order valence-corrected chi connectivity index (χ4v) is 4.40. The first-order valence-electron chi connectivity index (χ1n) is 11.9. The van der Waals surface area contributed by atoms with Crippen LogP contribution >= 0.6 is 11.6 Å². The minimum absolute atomic E-state index is 0.336. The molecule has 1 N–H and O–H groups in total. The van der Waals surface area contributed by atoms with Gasteiger partial charge in [-0.05, 0) is 36.3 Å². The van der Waals surface area contributed by atoms with Crippen LogP contribution in [0, 0.1) is 11.3 Å². The number of aromatic amines is 1. The Labute approximate surface area is 205 Å². The highest BCUT2D eigenvalue weighted by atomic mass is 35.5. The minimum Gasteiger partial charge on any atom is -0.342 e. The molecule has 1 aliphatic carbocycles. The molecule has 3 aliphatic rings. The van der Waals surface area contributed by atoms with E-state index in [9.17, 15) is 4.79 Å². The standard InChI is InChI=1S/C27H30ClN5O/c1-17-4-11-23-21(30-15-27(2,3)16-34)13-25(28)32-33(23)24(12-17)19-7-5-18(6-8-19)22-14-29-26(31-22)20-9-10-20/h5-8,11-12,14,16-17,20H,4,9-10,13,15H2,1-3H3,(H,29,31). The first-order valence-corrected chi connectivity index (χ1v) is 12.3. The number of nitrogens with one attached hydrogen (secondary N) is 1. The number of nitrogens with zero attached hydrogens (tertiary/aromatic N) is 4. The van der Waals surface area contributed by atoms with Crippen molar-refractivity contribution in [3.05, 3.63) is 59.7 Å². The molecule has 5 rings (SSSR count). The molecule has 1 aromatic heterocycles. The summed E-state index contributed by atoms with van der Waals surface area (Å²) >= 11 is 6.49. The number of fused-ring (bicyclic) bond motifs is 1. The van der Waals surface area contributed by atoms with Crippen molar-refractivity contribution < 1.29 is 4.79 Å². The van der Waals surface area contributed by atoms with E-state index in [0.29, 0.717) is 30.0 Å². The Bertz CT molecular complexity index is 1210. The fraction of sp³-hybridized carbons (Fsp3) is 0.407. The highest BCUT2D eigenvalue weighted by Gasteiger charge is 2.29. The Morgan fingerprint density at radius 3 is 2.65 bits per heavy atom. The van der Waals surface area contributed by atoms with Gasteiger partial charge in [0.1, 0.15) is 17.3 Å². The van der Waals surface area contributed by atoms with Crippen LogP contribution in [0.25, 0.3) is 17.0 Å². The van der Waals surface area contributed by atoms with Gasteiger partial charge in [-0.2, -0.15) is 5.10 Å². The van der Waals surface area contributed by atoms with Crippen LogP contribution in [0.5, 0.6) is 0 Å². The Kier molecular flexibility index (Phi) is 6.02. The molecule has 3 heterocycles. The minimum atomic E-state index is -0.516. The Balaban J connectivity index is 1.46. The van der Waals surface area contributed by atoms with Crippen molar-refractivity contribution in [1.29, 1.82) is 0 Å². The van der Waals surface area contributed by atoms with Crippen molar-refractivity contribution in [3.8, 4) is 11.3 Å². The molecule has 1 fully saturated rings. The van der Waals surface area contributed by atoms with Gasteiger partial charge in [0.05, 0.1) is 35.5 Å². The predicted molar refractivity (Wildman–Crippen MR) is 138 cm³/mol. The molecule has 1 saturated carbocycles. The van der Waals surface area contributed by atoms with Crippen LogP contribution in [0.4, 0.5) is 0 Å². The molecule has 2 aromatic rings. The third kappa shape index (κ3) is 4.78. The van der Waals surface area contributed by atoms with Gasteiger partial charge >= 0.3 is 0 Å². The molecule has 1 aromatic carbocycles. The number of allylic oxidation sites excluding steroid dienone is 3. The lowest BCUT2D eigenvalue weighted by Gasteiger charge is -2.30. The molecule has 0 amide bonds. The Morgan fingerprint density at radius 2 is 1.94 bits per heavy atom. The van der Waals surface area contributed by atoms with Gasteiger partial charge in [-0.25, -0.2) is 9.99 Å². The average Bonchev–Trinajstić information content (AvgIpc) is 3.59. The van der Waals surface area contributed by atoms with Crippen molar-refractivity contribution in [2.75, 3.05) is 6.54 Å². The van der Waals surface area contributed by atoms with Crippen molar-refractivity contribution in [1.82, 2.24) is 15.0 Å². The van der Waals surface area contributed by atoms with Crippen LogP contribution in [-0.2, 0) is 4.79 Å². The maximum absolute atomic E-state index is 11.4. The van der Waals surface area contributed by atoms with Crippen molar-refractivity contribution in [2.45, 2.75) is 52.4 Å². The van der Waals surface area contributed by atoms with E-state index < -0.39 is 5.41 Å². The third-order valence-electron chi connectivity index (χ3n) is 6.45. The van der Waals surface area contributed by atoms with E-state index in [1.807, 2.05) is 25.1 Å². The summed E-state index contributed by atoms with van der Waals surface area (Å²) in [5, 5.41) is 7.10. The molecule has 0 saturated heterocycles. The lowest BCUT2D eigenvalue weighted by molar-refractivity contribution is -0.114. The summed E-state index contributed by atoms with van der Waals surface area (Å²) in [4.78, 5) is 24.2. The van der Waals surface area contributed by atoms with Crippen LogP contribution in [0.1, 0.15) is 63.8 Å². The average molecular weight is 476 g/mol. The second kappa shape index (κ2) is 8.99. The molecule has 34 heavy (non-hydrogen) atoms. The molecular weight excluding hydrogens is 446 g/mol. The summed E-state index contributed by atoms with van der Waals surface area (Å²) in [5.41, 5.74) is 5.52. The van der Waals surface area contributed by atoms with Crippen LogP contribution in [0.15, 0.2) is 58.4 Å². The van der Waals surface area contributed by atoms with E-state index in [1.165, 1.54) is 12.8 Å². The molecule has 1 unspecified atom stereocenters. The summed E-state index contributed by atoms with van der Waals surface area (Å²) in [5.74, 6) is 2.03. The summed E-state index contributed by atoms with van der Waals surface area (Å²) in [7, 11) is 0. The number of benzene rings is 1. The molecular formula is C27H30ClN5O. The molecule has 7 heteroatoms. The number of aromatic nitrogens is 2. The van der Waals surface area contributed by atoms with Crippen molar-refractivity contribution in [2.24, 2.45) is 21.4 Å². The quantitative estimate of drug-likeness (QED) is 0.509. The predicted octanol–water partition coefficient (Wildman–Crippen LogP) is 6.14. The van der Waals surface area contributed by atoms with Gasteiger partial charge in [-0.15, -0.1) is 0 Å². The van der Waals surface area contributed by atoms with Crippen LogP contribution < -0.4 is 0 Å². The van der Waals surface area contributed by atoms with Crippen LogP contribution in [0.3, 0.4) is 0 Å². The van der Waals surface area contributed by atoms with E-state index in [2.05, 4.69) is 53.3 Å². The van der Waals surface area contributed by atoms with Gasteiger partial charge in [0.15, 0.2) is 0 Å². The van der Waals surface area contributed by atoms with Gasteiger partial charge in [0, 0.05) is 17.8 Å². The number of rotatable bonds is 6. The van der Waals surface area contributed by atoms with Gasteiger partial charge in [-0.3, -0.25) is 4.99 Å². The van der Waals surface area contributed by atoms with E-state index >= 15 is 0 Å². The molecule has 2 aliphatic heterocycles. The molecule has 0 bridgehead atoms. The van der Waals surface area contributed by atoms with Crippen molar-refractivity contribution >= 4 is 34.5 Å². The number of aliphatic imine (C=N–C) groups is 1. The fourth-order valence-electron chi connectivity index (χ4n) is 4.20. The van der Waals surface area contributed by atoms with Crippen molar-refractivity contribution in [3.63, 3.8) is 0 Å². The number of imidazole rings is 1. The molecule has 6 nitrogen and oxygen atoms in total. The zero-order valence-electron chi connectivity index (χ0n) is 19.9. The largest absolute Gasteiger partial charge is 0.342 e. The summed E-state index contributed by atoms with van der Waals surface area (Å²) < 4.78 is 0. The molecule has 1 atom stereocenters. The Hall–Kier alpha value is -2.99. The number of aldehydes is 1. The number of carbonyl (C=O) groups excluding carboxylic acids is 1. The zero-order valence-corrected chi connectivity index (χ0v) is 20.6. The normalized spacial score (nSPS) is 22.0. The number of hydrogen-bond acceptors (Lipinski definition) is 5. The van der Waals surface area contributed by atoms with Gasteiger partial charge in [0.25, 0.3) is 0 Å². The van der Waals surface area contributed by atoms with Crippen LogP contribution in [-0.4, -0.2) is 38.7 Å². The van der Waals surface area contributed by atoms with Crippen LogP contribution in [0.2, 0.25) is 0 Å². The molecule has 0 spiro atoms. The monoisotopic (exact) mass is 475 g/mol. The van der Waals surface area contributed by atoms with E-state index in [1.54, 1.807) is 0 Å².